The quantitative estimate of drug-likeness (QED) is 0.759. The fourth-order valence-corrected chi connectivity index (χ4v) is 2.05. The van der Waals surface area contributed by atoms with Gasteiger partial charge in [0.2, 0.25) is 5.88 Å². The summed E-state index contributed by atoms with van der Waals surface area (Å²) in [6.07, 6.45) is 4.17. The molecule has 1 unspecified atom stereocenters. The Hall–Kier alpha value is -1.10. The van der Waals surface area contributed by atoms with Gasteiger partial charge < -0.3 is 15.8 Å². The van der Waals surface area contributed by atoms with Crippen LogP contribution in [0.2, 0.25) is 0 Å². The van der Waals surface area contributed by atoms with Crippen molar-refractivity contribution in [1.29, 1.82) is 0 Å². The van der Waals surface area contributed by atoms with Gasteiger partial charge in [0.1, 0.15) is 5.82 Å². The van der Waals surface area contributed by atoms with Crippen molar-refractivity contribution < 1.29 is 4.74 Å². The van der Waals surface area contributed by atoms with Gasteiger partial charge in [-0.15, -0.1) is 0 Å². The first-order valence-corrected chi connectivity index (χ1v) is 7.71. The van der Waals surface area contributed by atoms with Crippen molar-refractivity contribution in [2.24, 2.45) is 0 Å². The number of anilines is 2. The van der Waals surface area contributed by atoms with E-state index in [0.717, 1.165) is 24.4 Å². The van der Waals surface area contributed by atoms with Crippen LogP contribution in [0.4, 0.5) is 11.5 Å². The van der Waals surface area contributed by atoms with Crippen LogP contribution in [0.1, 0.15) is 26.7 Å². The first-order chi connectivity index (χ1) is 8.67. The molecular weight excluding hydrogens is 246 g/mol. The third-order valence-electron chi connectivity index (χ3n) is 2.48. The van der Waals surface area contributed by atoms with E-state index in [-0.39, 0.29) is 0 Å². The van der Waals surface area contributed by atoms with Gasteiger partial charge in [-0.3, -0.25) is 0 Å². The molecule has 1 rings (SSSR count). The lowest BCUT2D eigenvalue weighted by molar-refractivity contribution is 0.307. The molecule has 5 heteroatoms. The van der Waals surface area contributed by atoms with Crippen LogP contribution in [-0.2, 0) is 0 Å². The predicted molar refractivity (Wildman–Crippen MR) is 80.5 cm³/mol. The lowest BCUT2D eigenvalue weighted by atomic mass is 10.2. The molecule has 0 aromatic carbocycles. The summed E-state index contributed by atoms with van der Waals surface area (Å²) < 4.78 is 5.51. The number of nitrogen functional groups attached to an aromatic ring is 1. The molecule has 18 heavy (non-hydrogen) atoms. The molecule has 1 atom stereocenters. The van der Waals surface area contributed by atoms with Crippen LogP contribution < -0.4 is 15.8 Å². The molecule has 3 N–H and O–H groups in total. The second-order valence-corrected chi connectivity index (χ2v) is 5.25. The maximum absolute atomic E-state index is 5.82. The monoisotopic (exact) mass is 269 g/mol. The van der Waals surface area contributed by atoms with E-state index in [4.69, 9.17) is 10.5 Å². The predicted octanol–water partition coefficient (Wildman–Crippen LogP) is 3.01. The van der Waals surface area contributed by atoms with Gasteiger partial charge in [-0.05, 0) is 43.9 Å². The van der Waals surface area contributed by atoms with E-state index >= 15 is 0 Å². The molecule has 0 radical (unpaired) electrons. The van der Waals surface area contributed by atoms with Crippen LogP contribution in [-0.4, -0.2) is 29.6 Å². The van der Waals surface area contributed by atoms with Crippen molar-refractivity contribution >= 4 is 23.3 Å². The van der Waals surface area contributed by atoms with E-state index in [2.05, 4.69) is 30.4 Å². The molecule has 1 aromatic heterocycles. The average Bonchev–Trinajstić information content (AvgIpc) is 2.37. The highest BCUT2D eigenvalue weighted by atomic mass is 32.2. The van der Waals surface area contributed by atoms with Gasteiger partial charge in [0, 0.05) is 6.04 Å². The van der Waals surface area contributed by atoms with Crippen molar-refractivity contribution in [3.05, 3.63) is 12.1 Å². The number of nitrogens with zero attached hydrogens (tertiary/aromatic N) is 1. The maximum atomic E-state index is 5.82. The van der Waals surface area contributed by atoms with Crippen LogP contribution in [0.3, 0.4) is 0 Å². The summed E-state index contributed by atoms with van der Waals surface area (Å²) in [6, 6.07) is 4.12. The Labute approximate surface area is 114 Å². The maximum Gasteiger partial charge on any atom is 0.239 e. The second-order valence-electron chi connectivity index (χ2n) is 4.27. The molecule has 1 heterocycles. The molecule has 4 nitrogen and oxygen atoms in total. The SMILES string of the molecule is CCCOc1nc(NC(C)CCSC)ccc1N. The molecule has 0 fully saturated rings. The smallest absolute Gasteiger partial charge is 0.239 e. The number of rotatable bonds is 8. The zero-order chi connectivity index (χ0) is 13.4. The standard InChI is InChI=1S/C13H23N3OS/c1-4-8-17-13-11(14)5-6-12(16-13)15-10(2)7-9-18-3/h5-6,10H,4,7-9,14H2,1-3H3,(H,15,16). The molecular formula is C13H23N3OS. The number of hydrogen-bond acceptors (Lipinski definition) is 5. The Kier molecular flexibility index (Phi) is 6.72. The Morgan fingerprint density at radius 2 is 2.28 bits per heavy atom. The fourth-order valence-electron chi connectivity index (χ4n) is 1.47. The number of nitrogens with one attached hydrogen (secondary N) is 1. The summed E-state index contributed by atoms with van der Waals surface area (Å²) in [6.45, 7) is 4.85. The molecule has 0 amide bonds. The van der Waals surface area contributed by atoms with Crippen molar-refractivity contribution in [3.8, 4) is 5.88 Å². The summed E-state index contributed by atoms with van der Waals surface area (Å²) in [7, 11) is 0. The Morgan fingerprint density at radius 3 is 2.94 bits per heavy atom. The molecule has 0 aliphatic carbocycles. The summed E-state index contributed by atoms with van der Waals surface area (Å²) in [4.78, 5) is 4.39. The topological polar surface area (TPSA) is 60.2 Å². The number of nitrogens with two attached hydrogens (primary N) is 1. The Morgan fingerprint density at radius 1 is 1.50 bits per heavy atom. The third kappa shape index (κ3) is 5.04. The zero-order valence-electron chi connectivity index (χ0n) is 11.4. The molecule has 0 spiro atoms. The average molecular weight is 269 g/mol. The second kappa shape index (κ2) is 8.08. The van der Waals surface area contributed by atoms with Crippen LogP contribution >= 0.6 is 11.8 Å². The number of aromatic nitrogens is 1. The number of pyridine rings is 1. The van der Waals surface area contributed by atoms with Gasteiger partial charge in [0.25, 0.3) is 0 Å². The number of thioether (sulfide) groups is 1. The van der Waals surface area contributed by atoms with E-state index in [9.17, 15) is 0 Å². The minimum absolute atomic E-state index is 0.396. The van der Waals surface area contributed by atoms with Gasteiger partial charge >= 0.3 is 0 Å². The number of hydrogen-bond donors (Lipinski definition) is 2. The van der Waals surface area contributed by atoms with Crippen LogP contribution in [0.5, 0.6) is 5.88 Å². The lowest BCUT2D eigenvalue weighted by Gasteiger charge is -2.15. The van der Waals surface area contributed by atoms with Crippen molar-refractivity contribution in [2.75, 3.05) is 29.7 Å². The van der Waals surface area contributed by atoms with E-state index in [0.29, 0.717) is 24.2 Å². The molecule has 0 bridgehead atoms. The van der Waals surface area contributed by atoms with Crippen LogP contribution in [0.15, 0.2) is 12.1 Å². The van der Waals surface area contributed by atoms with Crippen molar-refractivity contribution in [1.82, 2.24) is 4.98 Å². The highest BCUT2D eigenvalue weighted by Gasteiger charge is 2.06. The highest BCUT2D eigenvalue weighted by molar-refractivity contribution is 7.98. The molecule has 0 aliphatic rings. The molecule has 1 aromatic rings. The Bertz CT molecular complexity index is 360. The Balaban J connectivity index is 2.60. The first-order valence-electron chi connectivity index (χ1n) is 6.32. The summed E-state index contributed by atoms with van der Waals surface area (Å²) in [5.74, 6) is 2.49. The number of ether oxygens (including phenoxy) is 1. The summed E-state index contributed by atoms with van der Waals surface area (Å²) in [5, 5.41) is 3.36. The van der Waals surface area contributed by atoms with E-state index < -0.39 is 0 Å². The first kappa shape index (κ1) is 15.0. The highest BCUT2D eigenvalue weighted by Crippen LogP contribution is 2.21. The van der Waals surface area contributed by atoms with Gasteiger partial charge in [0.05, 0.1) is 12.3 Å². The van der Waals surface area contributed by atoms with E-state index in [1.54, 1.807) is 0 Å². The minimum Gasteiger partial charge on any atom is -0.476 e. The minimum atomic E-state index is 0.396. The molecule has 102 valence electrons. The van der Waals surface area contributed by atoms with E-state index in [1.807, 2.05) is 23.9 Å². The van der Waals surface area contributed by atoms with Gasteiger partial charge in [-0.1, -0.05) is 6.92 Å². The van der Waals surface area contributed by atoms with Gasteiger partial charge in [0.15, 0.2) is 0 Å². The van der Waals surface area contributed by atoms with Crippen LogP contribution in [0.25, 0.3) is 0 Å². The largest absolute Gasteiger partial charge is 0.476 e. The normalized spacial score (nSPS) is 12.2. The van der Waals surface area contributed by atoms with Crippen LogP contribution in [0, 0.1) is 0 Å². The fraction of sp³-hybridized carbons (Fsp3) is 0.615. The third-order valence-corrected chi connectivity index (χ3v) is 3.13. The molecule has 0 saturated heterocycles. The van der Waals surface area contributed by atoms with Gasteiger partial charge in [-0.25, -0.2) is 0 Å². The molecule has 0 aliphatic heterocycles. The lowest BCUT2D eigenvalue weighted by Crippen LogP contribution is -2.17. The summed E-state index contributed by atoms with van der Waals surface area (Å²) in [5.41, 5.74) is 6.41. The summed E-state index contributed by atoms with van der Waals surface area (Å²) >= 11 is 1.85. The van der Waals surface area contributed by atoms with E-state index in [1.165, 1.54) is 0 Å². The molecule has 0 saturated carbocycles. The van der Waals surface area contributed by atoms with Crippen molar-refractivity contribution in [3.63, 3.8) is 0 Å². The van der Waals surface area contributed by atoms with Gasteiger partial charge in [-0.2, -0.15) is 16.7 Å². The van der Waals surface area contributed by atoms with Crippen molar-refractivity contribution in [2.45, 2.75) is 32.7 Å². The zero-order valence-corrected chi connectivity index (χ0v) is 12.2.